The van der Waals surface area contributed by atoms with Crippen LogP contribution in [0.4, 0.5) is 0 Å². The number of hydrogen-bond donors (Lipinski definition) is 2. The monoisotopic (exact) mass is 273 g/mol. The van der Waals surface area contributed by atoms with Crippen LogP contribution >= 0.6 is 0 Å². The lowest BCUT2D eigenvalue weighted by molar-refractivity contribution is 0.412. The number of methoxy groups -OCH3 is 1. The van der Waals surface area contributed by atoms with Gasteiger partial charge in [0, 0.05) is 24.0 Å². The number of nitrogens with one attached hydrogen (secondary N) is 2. The van der Waals surface area contributed by atoms with Gasteiger partial charge in [-0.3, -0.25) is 0 Å². The van der Waals surface area contributed by atoms with Crippen LogP contribution in [0.25, 0.3) is 11.4 Å². The van der Waals surface area contributed by atoms with Crippen molar-refractivity contribution in [2.75, 3.05) is 13.7 Å². The molecule has 0 saturated carbocycles. The van der Waals surface area contributed by atoms with Gasteiger partial charge < -0.3 is 15.0 Å². The van der Waals surface area contributed by atoms with E-state index in [4.69, 9.17) is 4.74 Å². The molecule has 0 aliphatic carbocycles. The van der Waals surface area contributed by atoms with E-state index in [1.54, 1.807) is 7.11 Å². The Labute approximate surface area is 120 Å². The number of benzene rings is 1. The summed E-state index contributed by atoms with van der Waals surface area (Å²) in [6.07, 6.45) is 1.89. The van der Waals surface area contributed by atoms with Crippen molar-refractivity contribution in [3.63, 3.8) is 0 Å². The summed E-state index contributed by atoms with van der Waals surface area (Å²) in [5, 5.41) is 3.40. The average Bonchev–Trinajstić information content (AvgIpc) is 2.87. The van der Waals surface area contributed by atoms with Crippen molar-refractivity contribution in [2.24, 2.45) is 5.92 Å². The number of imidazole rings is 1. The summed E-state index contributed by atoms with van der Waals surface area (Å²) >= 11 is 0. The largest absolute Gasteiger partial charge is 0.496 e. The zero-order valence-electron chi connectivity index (χ0n) is 12.7. The SMILES string of the molecule is COc1ccc(-c2ncc(CNCC(C)C)[nH]2)cc1C. The van der Waals surface area contributed by atoms with Crippen LogP contribution in [-0.4, -0.2) is 23.6 Å². The maximum atomic E-state index is 5.28. The lowest BCUT2D eigenvalue weighted by Gasteiger charge is -2.06. The molecule has 4 nitrogen and oxygen atoms in total. The fourth-order valence-corrected chi connectivity index (χ4v) is 2.12. The zero-order chi connectivity index (χ0) is 14.5. The summed E-state index contributed by atoms with van der Waals surface area (Å²) in [5.41, 5.74) is 3.30. The Kier molecular flexibility index (Phi) is 4.79. The molecule has 20 heavy (non-hydrogen) atoms. The average molecular weight is 273 g/mol. The summed E-state index contributed by atoms with van der Waals surface area (Å²) in [4.78, 5) is 7.80. The van der Waals surface area contributed by atoms with E-state index in [1.807, 2.05) is 25.3 Å². The van der Waals surface area contributed by atoms with Crippen LogP contribution in [-0.2, 0) is 6.54 Å². The van der Waals surface area contributed by atoms with Crippen molar-refractivity contribution >= 4 is 0 Å². The van der Waals surface area contributed by atoms with E-state index in [2.05, 4.69) is 35.2 Å². The highest BCUT2D eigenvalue weighted by Crippen LogP contribution is 2.24. The van der Waals surface area contributed by atoms with Crippen LogP contribution in [0.15, 0.2) is 24.4 Å². The summed E-state index contributed by atoms with van der Waals surface area (Å²) in [6.45, 7) is 8.27. The van der Waals surface area contributed by atoms with Gasteiger partial charge in [-0.15, -0.1) is 0 Å². The standard InChI is InChI=1S/C16H23N3O/c1-11(2)8-17-9-14-10-18-16(19-14)13-5-6-15(20-4)12(3)7-13/h5-7,10-11,17H,8-9H2,1-4H3,(H,18,19). The maximum absolute atomic E-state index is 5.28. The minimum atomic E-state index is 0.654. The van der Waals surface area contributed by atoms with Gasteiger partial charge in [-0.05, 0) is 43.1 Å². The summed E-state index contributed by atoms with van der Waals surface area (Å²) in [7, 11) is 1.69. The van der Waals surface area contributed by atoms with Crippen LogP contribution in [0.1, 0.15) is 25.1 Å². The summed E-state index contributed by atoms with van der Waals surface area (Å²) < 4.78 is 5.28. The second-order valence-electron chi connectivity index (χ2n) is 5.47. The number of H-pyrrole nitrogens is 1. The Hall–Kier alpha value is -1.81. The van der Waals surface area contributed by atoms with Gasteiger partial charge in [0.1, 0.15) is 11.6 Å². The highest BCUT2D eigenvalue weighted by molar-refractivity contribution is 5.58. The summed E-state index contributed by atoms with van der Waals surface area (Å²) in [5.74, 6) is 2.46. The third-order valence-corrected chi connectivity index (χ3v) is 3.16. The van der Waals surface area contributed by atoms with Gasteiger partial charge in [-0.1, -0.05) is 13.8 Å². The molecule has 2 aromatic rings. The molecule has 0 radical (unpaired) electrons. The molecule has 1 aromatic carbocycles. The second-order valence-corrected chi connectivity index (χ2v) is 5.47. The number of nitrogens with zero attached hydrogens (tertiary/aromatic N) is 1. The lowest BCUT2D eigenvalue weighted by atomic mass is 10.1. The van der Waals surface area contributed by atoms with E-state index in [9.17, 15) is 0 Å². The molecule has 0 aliphatic heterocycles. The minimum absolute atomic E-state index is 0.654. The number of aryl methyl sites for hydroxylation is 1. The molecule has 0 saturated heterocycles. The number of rotatable bonds is 6. The molecule has 108 valence electrons. The molecule has 0 bridgehead atoms. The van der Waals surface area contributed by atoms with Crippen LogP contribution in [0.5, 0.6) is 5.75 Å². The topological polar surface area (TPSA) is 49.9 Å². The third-order valence-electron chi connectivity index (χ3n) is 3.16. The van der Waals surface area contributed by atoms with Crippen molar-refractivity contribution < 1.29 is 4.74 Å². The Balaban J connectivity index is 2.06. The van der Waals surface area contributed by atoms with Crippen molar-refractivity contribution in [1.29, 1.82) is 0 Å². The summed E-state index contributed by atoms with van der Waals surface area (Å²) in [6, 6.07) is 6.09. The van der Waals surface area contributed by atoms with Crippen molar-refractivity contribution in [3.8, 4) is 17.1 Å². The van der Waals surface area contributed by atoms with Gasteiger partial charge in [0.2, 0.25) is 0 Å². The molecule has 0 amide bonds. The zero-order valence-corrected chi connectivity index (χ0v) is 12.7. The van der Waals surface area contributed by atoms with E-state index in [0.29, 0.717) is 5.92 Å². The predicted octanol–water partition coefficient (Wildman–Crippen LogP) is 3.14. The van der Waals surface area contributed by atoms with E-state index in [0.717, 1.165) is 41.5 Å². The molecule has 0 spiro atoms. The molecule has 0 fully saturated rings. The molecule has 2 N–H and O–H groups in total. The molecular formula is C16H23N3O. The normalized spacial score (nSPS) is 11.1. The van der Waals surface area contributed by atoms with Crippen molar-refractivity contribution in [1.82, 2.24) is 15.3 Å². The molecule has 0 aliphatic rings. The van der Waals surface area contributed by atoms with Crippen LogP contribution in [0.3, 0.4) is 0 Å². The van der Waals surface area contributed by atoms with E-state index < -0.39 is 0 Å². The number of aromatic nitrogens is 2. The molecular weight excluding hydrogens is 250 g/mol. The first kappa shape index (κ1) is 14.6. The van der Waals surface area contributed by atoms with Crippen LogP contribution in [0.2, 0.25) is 0 Å². The minimum Gasteiger partial charge on any atom is -0.496 e. The van der Waals surface area contributed by atoms with Gasteiger partial charge in [0.15, 0.2) is 0 Å². The van der Waals surface area contributed by atoms with Crippen molar-refractivity contribution in [3.05, 3.63) is 35.7 Å². The molecule has 1 heterocycles. The molecule has 2 rings (SSSR count). The highest BCUT2D eigenvalue weighted by Gasteiger charge is 2.06. The second kappa shape index (κ2) is 6.57. The van der Waals surface area contributed by atoms with Crippen LogP contribution < -0.4 is 10.1 Å². The molecule has 4 heteroatoms. The number of ether oxygens (including phenoxy) is 1. The quantitative estimate of drug-likeness (QED) is 0.850. The Morgan fingerprint density at radius 3 is 2.80 bits per heavy atom. The first-order valence-corrected chi connectivity index (χ1v) is 6.99. The van der Waals surface area contributed by atoms with E-state index >= 15 is 0 Å². The highest BCUT2D eigenvalue weighted by atomic mass is 16.5. The fraction of sp³-hybridized carbons (Fsp3) is 0.438. The van der Waals surface area contributed by atoms with E-state index in [1.165, 1.54) is 0 Å². The lowest BCUT2D eigenvalue weighted by Crippen LogP contribution is -2.19. The first-order chi connectivity index (χ1) is 9.60. The fourth-order valence-electron chi connectivity index (χ4n) is 2.12. The molecule has 1 aromatic heterocycles. The van der Waals surface area contributed by atoms with Gasteiger partial charge in [-0.25, -0.2) is 4.98 Å². The predicted molar refractivity (Wildman–Crippen MR) is 81.9 cm³/mol. The number of hydrogen-bond acceptors (Lipinski definition) is 3. The van der Waals surface area contributed by atoms with Gasteiger partial charge in [-0.2, -0.15) is 0 Å². The number of aromatic amines is 1. The van der Waals surface area contributed by atoms with Crippen LogP contribution in [0, 0.1) is 12.8 Å². The van der Waals surface area contributed by atoms with Gasteiger partial charge in [0.25, 0.3) is 0 Å². The Bertz CT molecular complexity index is 561. The Morgan fingerprint density at radius 2 is 2.15 bits per heavy atom. The molecule has 0 atom stereocenters. The van der Waals surface area contributed by atoms with Gasteiger partial charge >= 0.3 is 0 Å². The first-order valence-electron chi connectivity index (χ1n) is 6.99. The van der Waals surface area contributed by atoms with E-state index in [-0.39, 0.29) is 0 Å². The maximum Gasteiger partial charge on any atom is 0.137 e. The Morgan fingerprint density at radius 1 is 1.35 bits per heavy atom. The van der Waals surface area contributed by atoms with Crippen molar-refractivity contribution in [2.45, 2.75) is 27.3 Å². The smallest absolute Gasteiger partial charge is 0.137 e. The third kappa shape index (κ3) is 3.61. The molecule has 0 unspecified atom stereocenters. The van der Waals surface area contributed by atoms with Gasteiger partial charge in [0.05, 0.1) is 7.11 Å².